The molecule has 0 aromatic heterocycles. The van der Waals surface area contributed by atoms with Crippen molar-refractivity contribution in [2.45, 2.75) is 18.9 Å². The number of alkyl halides is 1. The van der Waals surface area contributed by atoms with E-state index < -0.39 is 24.6 Å². The van der Waals surface area contributed by atoms with Crippen molar-refractivity contribution in [3.63, 3.8) is 0 Å². The normalized spacial score (nSPS) is 15.3. The lowest BCUT2D eigenvalue weighted by Gasteiger charge is -2.29. The van der Waals surface area contributed by atoms with Crippen LogP contribution < -0.4 is 10.2 Å². The molecule has 1 aromatic carbocycles. The monoisotopic (exact) mass is 294 g/mol. The topological polar surface area (TPSA) is 86.7 Å². The molecule has 0 saturated carbocycles. The van der Waals surface area contributed by atoms with Crippen LogP contribution in [-0.2, 0) is 20.8 Å². The lowest BCUT2D eigenvalue weighted by atomic mass is 10.0. The number of amides is 2. The second kappa shape index (κ2) is 6.34. The summed E-state index contributed by atoms with van der Waals surface area (Å²) in [7, 11) is 0. The van der Waals surface area contributed by atoms with E-state index >= 15 is 0 Å². The Hall–Kier alpha value is -2.44. The first-order chi connectivity index (χ1) is 10.0. The number of halogens is 1. The molecule has 21 heavy (non-hydrogen) atoms. The molecular weight excluding hydrogens is 279 g/mol. The third-order valence-corrected chi connectivity index (χ3v) is 3.28. The van der Waals surface area contributed by atoms with E-state index in [0.717, 1.165) is 5.56 Å². The Labute approximate surface area is 120 Å². The van der Waals surface area contributed by atoms with Crippen LogP contribution in [0.3, 0.4) is 0 Å². The van der Waals surface area contributed by atoms with Crippen molar-refractivity contribution in [2.24, 2.45) is 0 Å². The number of nitrogens with one attached hydrogen (secondary N) is 1. The molecule has 1 aliphatic heterocycles. The molecule has 1 aliphatic rings. The molecule has 0 radical (unpaired) electrons. The molecule has 2 amide bonds. The van der Waals surface area contributed by atoms with Crippen LogP contribution in [0.2, 0.25) is 0 Å². The number of para-hydroxylation sites is 1. The zero-order valence-corrected chi connectivity index (χ0v) is 11.2. The van der Waals surface area contributed by atoms with E-state index in [1.54, 1.807) is 12.1 Å². The van der Waals surface area contributed by atoms with Crippen molar-refractivity contribution in [1.29, 1.82) is 0 Å². The summed E-state index contributed by atoms with van der Waals surface area (Å²) in [5.74, 6) is -2.36. The summed E-state index contributed by atoms with van der Waals surface area (Å²) in [5, 5.41) is 10.8. The second-order valence-electron chi connectivity index (χ2n) is 4.72. The first kappa shape index (κ1) is 15.0. The van der Waals surface area contributed by atoms with Crippen LogP contribution in [0.1, 0.15) is 12.0 Å². The third kappa shape index (κ3) is 3.36. The average Bonchev–Trinajstić information content (AvgIpc) is 2.47. The summed E-state index contributed by atoms with van der Waals surface area (Å²) < 4.78 is 12.5. The molecule has 0 saturated heterocycles. The minimum Gasteiger partial charge on any atom is -0.480 e. The van der Waals surface area contributed by atoms with E-state index in [-0.39, 0.29) is 18.9 Å². The average molecular weight is 294 g/mol. The minimum absolute atomic E-state index is 0.212. The van der Waals surface area contributed by atoms with Crippen LogP contribution in [0, 0.1) is 0 Å². The van der Waals surface area contributed by atoms with Crippen LogP contribution >= 0.6 is 0 Å². The first-order valence-corrected chi connectivity index (χ1v) is 6.49. The van der Waals surface area contributed by atoms with Gasteiger partial charge in [0.05, 0.1) is 0 Å². The van der Waals surface area contributed by atoms with E-state index in [1.807, 2.05) is 12.1 Å². The highest BCUT2D eigenvalue weighted by Gasteiger charge is 2.27. The second-order valence-corrected chi connectivity index (χ2v) is 4.72. The molecule has 6 nitrogen and oxygen atoms in total. The number of carbonyl (C=O) groups excluding carboxylic acids is 2. The maximum Gasteiger partial charge on any atom is 0.328 e. The van der Waals surface area contributed by atoms with Crippen molar-refractivity contribution in [1.82, 2.24) is 5.32 Å². The molecule has 0 aliphatic carbocycles. The number of carboxylic acids is 1. The van der Waals surface area contributed by atoms with Crippen LogP contribution in [0.5, 0.6) is 0 Å². The van der Waals surface area contributed by atoms with E-state index in [1.165, 1.54) is 4.90 Å². The summed E-state index contributed by atoms with van der Waals surface area (Å²) in [6, 6.07) is 5.60. The Morgan fingerprint density at radius 2 is 2.05 bits per heavy atom. The number of benzene rings is 1. The first-order valence-electron chi connectivity index (χ1n) is 6.49. The maximum atomic E-state index is 12.5. The lowest BCUT2D eigenvalue weighted by Crippen LogP contribution is -2.48. The van der Waals surface area contributed by atoms with Crippen molar-refractivity contribution in [2.75, 3.05) is 18.1 Å². The molecule has 0 fully saturated rings. The summed E-state index contributed by atoms with van der Waals surface area (Å²) in [4.78, 5) is 35.7. The number of nitrogens with zero attached hydrogens (tertiary/aromatic N) is 1. The van der Waals surface area contributed by atoms with Gasteiger partial charge in [-0.3, -0.25) is 9.59 Å². The molecular formula is C14H15FN2O4. The highest BCUT2D eigenvalue weighted by atomic mass is 19.1. The standard InChI is InChI=1S/C14H15FN2O4/c15-7-10(14(20)21)16-12(18)8-17-11-4-2-1-3-9(11)5-6-13(17)19/h1-4,10H,5-8H2,(H,16,18)(H,20,21). The molecule has 1 atom stereocenters. The fraction of sp³-hybridized carbons (Fsp3) is 0.357. The SMILES string of the molecule is O=C(CN1C(=O)CCc2ccccc21)NC(CF)C(=O)O. The number of anilines is 1. The van der Waals surface area contributed by atoms with Gasteiger partial charge in [0.2, 0.25) is 11.8 Å². The van der Waals surface area contributed by atoms with Crippen molar-refractivity contribution in [3.05, 3.63) is 29.8 Å². The van der Waals surface area contributed by atoms with Gasteiger partial charge in [0.1, 0.15) is 13.2 Å². The number of aliphatic carboxylic acids is 1. The Balaban J connectivity index is 2.10. The highest BCUT2D eigenvalue weighted by molar-refractivity contribution is 6.01. The molecule has 1 heterocycles. The number of hydrogen-bond acceptors (Lipinski definition) is 3. The molecule has 1 aromatic rings. The predicted octanol–water partition coefficient (Wildman–Crippen LogP) is 0.505. The molecule has 7 heteroatoms. The molecule has 0 spiro atoms. The molecule has 0 bridgehead atoms. The zero-order chi connectivity index (χ0) is 15.4. The van der Waals surface area contributed by atoms with Gasteiger partial charge in [-0.2, -0.15) is 0 Å². The number of fused-ring (bicyclic) bond motifs is 1. The third-order valence-electron chi connectivity index (χ3n) is 3.28. The van der Waals surface area contributed by atoms with E-state index in [2.05, 4.69) is 5.32 Å². The van der Waals surface area contributed by atoms with Gasteiger partial charge in [0.25, 0.3) is 0 Å². The summed E-state index contributed by atoms with van der Waals surface area (Å²) in [6.45, 7) is -1.52. The number of aryl methyl sites for hydroxylation is 1. The number of carbonyl (C=O) groups is 3. The predicted molar refractivity (Wildman–Crippen MR) is 72.7 cm³/mol. The Kier molecular flexibility index (Phi) is 4.52. The summed E-state index contributed by atoms with van der Waals surface area (Å²) in [5.41, 5.74) is 1.58. The van der Waals surface area contributed by atoms with Gasteiger partial charge in [-0.25, -0.2) is 9.18 Å². The van der Waals surface area contributed by atoms with Gasteiger partial charge in [-0.15, -0.1) is 0 Å². The van der Waals surface area contributed by atoms with Crippen molar-refractivity contribution >= 4 is 23.5 Å². The van der Waals surface area contributed by atoms with Crippen molar-refractivity contribution in [3.8, 4) is 0 Å². The van der Waals surface area contributed by atoms with Gasteiger partial charge in [0, 0.05) is 12.1 Å². The fourth-order valence-corrected chi connectivity index (χ4v) is 2.22. The molecule has 2 N–H and O–H groups in total. The van der Waals surface area contributed by atoms with Crippen molar-refractivity contribution < 1.29 is 23.9 Å². The quantitative estimate of drug-likeness (QED) is 0.828. The van der Waals surface area contributed by atoms with E-state index in [9.17, 15) is 18.8 Å². The van der Waals surface area contributed by atoms with Gasteiger partial charge in [0.15, 0.2) is 6.04 Å². The Morgan fingerprint density at radius 1 is 1.33 bits per heavy atom. The molecule has 112 valence electrons. The van der Waals surface area contributed by atoms with Crippen LogP contribution in [0.4, 0.5) is 10.1 Å². The van der Waals surface area contributed by atoms with E-state index in [4.69, 9.17) is 5.11 Å². The number of carboxylic acid groups (broad SMARTS) is 1. The minimum atomic E-state index is -1.59. The fourth-order valence-electron chi connectivity index (χ4n) is 2.22. The maximum absolute atomic E-state index is 12.5. The molecule has 2 rings (SSSR count). The molecule has 1 unspecified atom stereocenters. The van der Waals surface area contributed by atoms with Gasteiger partial charge in [-0.05, 0) is 18.1 Å². The summed E-state index contributed by atoms with van der Waals surface area (Å²) in [6.07, 6.45) is 0.894. The van der Waals surface area contributed by atoms with Gasteiger partial charge in [-0.1, -0.05) is 18.2 Å². The van der Waals surface area contributed by atoms with E-state index in [0.29, 0.717) is 12.1 Å². The van der Waals surface area contributed by atoms with Crippen LogP contribution in [-0.4, -0.2) is 42.2 Å². The lowest BCUT2D eigenvalue weighted by molar-refractivity contribution is -0.142. The Morgan fingerprint density at radius 3 is 2.71 bits per heavy atom. The summed E-state index contributed by atoms with van der Waals surface area (Å²) >= 11 is 0. The highest BCUT2D eigenvalue weighted by Crippen LogP contribution is 2.26. The smallest absolute Gasteiger partial charge is 0.328 e. The van der Waals surface area contributed by atoms with Gasteiger partial charge >= 0.3 is 5.97 Å². The zero-order valence-electron chi connectivity index (χ0n) is 11.2. The Bertz CT molecular complexity index is 576. The number of rotatable bonds is 5. The number of hydrogen-bond donors (Lipinski definition) is 2. The largest absolute Gasteiger partial charge is 0.480 e. The van der Waals surface area contributed by atoms with Crippen LogP contribution in [0.25, 0.3) is 0 Å². The van der Waals surface area contributed by atoms with Crippen LogP contribution in [0.15, 0.2) is 24.3 Å². The van der Waals surface area contributed by atoms with Gasteiger partial charge < -0.3 is 15.3 Å².